The molecule has 1 amide bonds. The van der Waals surface area contributed by atoms with Crippen LogP contribution >= 0.6 is 0 Å². The monoisotopic (exact) mass is 488 g/mol. The molecule has 0 unspecified atom stereocenters. The Labute approximate surface area is 218 Å². The van der Waals surface area contributed by atoms with Crippen LogP contribution in [-0.2, 0) is 0 Å². The molecule has 5 aromatic rings. The third kappa shape index (κ3) is 5.03. The van der Waals surface area contributed by atoms with E-state index >= 15 is 0 Å². The molecule has 0 fully saturated rings. The van der Waals surface area contributed by atoms with Crippen molar-refractivity contribution in [1.82, 2.24) is 20.1 Å². The maximum atomic E-state index is 13.4. The molecule has 0 radical (unpaired) electrons. The number of fused-ring (bicyclic) bond motifs is 1. The Balaban J connectivity index is 1.47. The van der Waals surface area contributed by atoms with E-state index in [1.165, 1.54) is 11.1 Å². The van der Waals surface area contributed by atoms with E-state index in [4.69, 9.17) is 4.98 Å². The Morgan fingerprint density at radius 1 is 0.892 bits per heavy atom. The van der Waals surface area contributed by atoms with Crippen LogP contribution in [0.1, 0.15) is 59.8 Å². The zero-order valence-electron chi connectivity index (χ0n) is 21.8. The summed E-state index contributed by atoms with van der Waals surface area (Å²) >= 11 is 0. The van der Waals surface area contributed by atoms with Crippen molar-refractivity contribution < 1.29 is 4.79 Å². The number of benzene rings is 3. The minimum Gasteiger partial charge on any atom is -0.351 e. The molecule has 3 aromatic carbocycles. The third-order valence-electron chi connectivity index (χ3n) is 6.99. The number of nitrogens with one attached hydrogen (secondary N) is 1. The van der Waals surface area contributed by atoms with Gasteiger partial charge in [0.2, 0.25) is 0 Å². The van der Waals surface area contributed by atoms with Crippen LogP contribution in [0.15, 0.2) is 91.1 Å². The lowest BCUT2D eigenvalue weighted by Gasteiger charge is -2.15. The lowest BCUT2D eigenvalue weighted by atomic mass is 10.0. The summed E-state index contributed by atoms with van der Waals surface area (Å²) < 4.78 is 1.93. The van der Waals surface area contributed by atoms with Crippen LogP contribution < -0.4 is 5.32 Å². The average molecular weight is 489 g/mol. The van der Waals surface area contributed by atoms with Crippen molar-refractivity contribution >= 4 is 16.8 Å². The predicted octanol–water partition coefficient (Wildman–Crippen LogP) is 7.05. The predicted molar refractivity (Wildman–Crippen MR) is 150 cm³/mol. The molecule has 0 aliphatic carbocycles. The lowest BCUT2D eigenvalue weighted by Crippen LogP contribution is -2.27. The van der Waals surface area contributed by atoms with Crippen LogP contribution in [0, 0.1) is 6.92 Å². The van der Waals surface area contributed by atoms with E-state index < -0.39 is 0 Å². The zero-order chi connectivity index (χ0) is 25.9. The van der Waals surface area contributed by atoms with Gasteiger partial charge in [-0.15, -0.1) is 0 Å². The van der Waals surface area contributed by atoms with Gasteiger partial charge in [0, 0.05) is 17.5 Å². The van der Waals surface area contributed by atoms with Crippen molar-refractivity contribution in [1.29, 1.82) is 0 Å². The van der Waals surface area contributed by atoms with Gasteiger partial charge in [0.15, 0.2) is 0 Å². The largest absolute Gasteiger partial charge is 0.351 e. The normalized spacial score (nSPS) is 12.1. The standard InChI is InChI=1S/C32H32N4O/c1-21(2)24-14-16-26(17-15-24)36-23(4)29(20-34-36)31-18-28(27-12-8-9-13-30(27)35-31)32(37)33-19-22(3)25-10-6-5-7-11-25/h5-18,20-22H,19H2,1-4H3,(H,33,37)/t22-/m0/s1. The molecule has 5 heteroatoms. The summed E-state index contributed by atoms with van der Waals surface area (Å²) in [4.78, 5) is 18.3. The maximum absolute atomic E-state index is 13.4. The van der Waals surface area contributed by atoms with Crippen molar-refractivity contribution in [2.24, 2.45) is 0 Å². The summed E-state index contributed by atoms with van der Waals surface area (Å²) in [6.45, 7) is 9.09. The summed E-state index contributed by atoms with van der Waals surface area (Å²) in [7, 11) is 0. The van der Waals surface area contributed by atoms with Crippen LogP contribution in [0.3, 0.4) is 0 Å². The van der Waals surface area contributed by atoms with Gasteiger partial charge in [-0.1, -0.05) is 81.4 Å². The van der Waals surface area contributed by atoms with Crippen LogP contribution in [0.2, 0.25) is 0 Å². The Hall–Kier alpha value is -4.25. The van der Waals surface area contributed by atoms with E-state index in [9.17, 15) is 4.79 Å². The molecule has 37 heavy (non-hydrogen) atoms. The first-order valence-corrected chi connectivity index (χ1v) is 12.8. The second-order valence-electron chi connectivity index (χ2n) is 9.90. The van der Waals surface area contributed by atoms with Gasteiger partial charge in [0.1, 0.15) is 0 Å². The van der Waals surface area contributed by atoms with Crippen molar-refractivity contribution in [3.05, 3.63) is 114 Å². The van der Waals surface area contributed by atoms with Gasteiger partial charge in [-0.05, 0) is 54.2 Å². The number of pyridine rings is 1. The number of hydrogen-bond donors (Lipinski definition) is 1. The summed E-state index contributed by atoms with van der Waals surface area (Å²) in [5.74, 6) is 0.586. The quantitative estimate of drug-likeness (QED) is 0.267. The number of rotatable bonds is 7. The smallest absolute Gasteiger partial charge is 0.252 e. The highest BCUT2D eigenvalue weighted by molar-refractivity contribution is 6.07. The van der Waals surface area contributed by atoms with Crippen LogP contribution in [0.4, 0.5) is 0 Å². The lowest BCUT2D eigenvalue weighted by molar-refractivity contribution is 0.0953. The summed E-state index contributed by atoms with van der Waals surface area (Å²) in [5.41, 5.74) is 7.53. The molecule has 0 aliphatic rings. The number of carbonyl (C=O) groups is 1. The number of nitrogens with zero attached hydrogens (tertiary/aromatic N) is 3. The van der Waals surface area contributed by atoms with Gasteiger partial charge in [-0.3, -0.25) is 4.79 Å². The molecule has 0 saturated carbocycles. The number of carbonyl (C=O) groups excluding carboxylic acids is 1. The van der Waals surface area contributed by atoms with Crippen molar-refractivity contribution in [3.63, 3.8) is 0 Å². The fraction of sp³-hybridized carbons (Fsp3) is 0.219. The molecule has 5 nitrogen and oxygen atoms in total. The van der Waals surface area contributed by atoms with E-state index in [0.717, 1.165) is 33.5 Å². The van der Waals surface area contributed by atoms with Gasteiger partial charge in [-0.25, -0.2) is 9.67 Å². The van der Waals surface area contributed by atoms with E-state index in [1.54, 1.807) is 0 Å². The second kappa shape index (κ2) is 10.4. The Morgan fingerprint density at radius 3 is 2.32 bits per heavy atom. The van der Waals surface area contributed by atoms with Crippen molar-refractivity contribution in [3.8, 4) is 16.9 Å². The van der Waals surface area contributed by atoms with Crippen LogP contribution in [-0.4, -0.2) is 27.2 Å². The van der Waals surface area contributed by atoms with E-state index in [0.29, 0.717) is 18.0 Å². The van der Waals surface area contributed by atoms with Crippen LogP contribution in [0.25, 0.3) is 27.8 Å². The maximum Gasteiger partial charge on any atom is 0.252 e. The number of amides is 1. The molecular weight excluding hydrogens is 456 g/mol. The second-order valence-corrected chi connectivity index (χ2v) is 9.90. The van der Waals surface area contributed by atoms with Gasteiger partial charge in [0.05, 0.1) is 34.4 Å². The highest BCUT2D eigenvalue weighted by atomic mass is 16.1. The fourth-order valence-electron chi connectivity index (χ4n) is 4.66. The molecule has 0 aliphatic heterocycles. The van der Waals surface area contributed by atoms with Gasteiger partial charge in [0.25, 0.3) is 5.91 Å². The average Bonchev–Trinajstić information content (AvgIpc) is 3.32. The molecule has 0 spiro atoms. The van der Waals surface area contributed by atoms with E-state index in [1.807, 2.05) is 66.3 Å². The number of hydrogen-bond acceptors (Lipinski definition) is 3. The molecule has 186 valence electrons. The minimum atomic E-state index is -0.100. The van der Waals surface area contributed by atoms with Crippen molar-refractivity contribution in [2.45, 2.75) is 39.5 Å². The first kappa shape index (κ1) is 24.4. The Kier molecular flexibility index (Phi) is 6.87. The summed E-state index contributed by atoms with van der Waals surface area (Å²) in [5, 5.41) is 8.64. The van der Waals surface area contributed by atoms with Crippen LogP contribution in [0.5, 0.6) is 0 Å². The van der Waals surface area contributed by atoms with Gasteiger partial charge in [-0.2, -0.15) is 5.10 Å². The Morgan fingerprint density at radius 2 is 1.59 bits per heavy atom. The first-order valence-electron chi connectivity index (χ1n) is 12.8. The van der Waals surface area contributed by atoms with Gasteiger partial charge < -0.3 is 5.32 Å². The topological polar surface area (TPSA) is 59.8 Å². The highest BCUT2D eigenvalue weighted by Gasteiger charge is 2.18. The minimum absolute atomic E-state index is 0.100. The van der Waals surface area contributed by atoms with E-state index in [-0.39, 0.29) is 11.8 Å². The van der Waals surface area contributed by atoms with Gasteiger partial charge >= 0.3 is 0 Å². The molecule has 1 N–H and O–H groups in total. The third-order valence-corrected chi connectivity index (χ3v) is 6.99. The highest BCUT2D eigenvalue weighted by Crippen LogP contribution is 2.29. The first-order chi connectivity index (χ1) is 17.9. The summed E-state index contributed by atoms with van der Waals surface area (Å²) in [6, 6.07) is 28.4. The Bertz CT molecular complexity index is 1530. The fourth-order valence-corrected chi connectivity index (χ4v) is 4.66. The zero-order valence-corrected chi connectivity index (χ0v) is 21.8. The van der Waals surface area contributed by atoms with Crippen molar-refractivity contribution in [2.75, 3.05) is 6.54 Å². The molecular formula is C32H32N4O. The molecule has 5 rings (SSSR count). The molecule has 2 aromatic heterocycles. The molecule has 0 bridgehead atoms. The summed E-state index contributed by atoms with van der Waals surface area (Å²) in [6.07, 6.45) is 1.84. The number of aromatic nitrogens is 3. The number of para-hydroxylation sites is 1. The molecule has 1 atom stereocenters. The molecule has 0 saturated heterocycles. The molecule has 2 heterocycles. The SMILES string of the molecule is Cc1c(-c2cc(C(=O)NC[C@H](C)c3ccccc3)c3ccccc3n2)cnn1-c1ccc(C(C)C)cc1. The van der Waals surface area contributed by atoms with E-state index in [2.05, 4.69) is 67.6 Å².